The summed E-state index contributed by atoms with van der Waals surface area (Å²) in [4.78, 5) is 8.94. The minimum absolute atomic E-state index is 0. The molecule has 8 rings (SSSR count). The van der Waals surface area contributed by atoms with E-state index in [0.717, 1.165) is 50.4 Å². The van der Waals surface area contributed by atoms with Gasteiger partial charge in [-0.3, -0.25) is 0 Å². The maximum absolute atomic E-state index is 5.90. The summed E-state index contributed by atoms with van der Waals surface area (Å²) in [5.41, 5.74) is 9.83. The van der Waals surface area contributed by atoms with Crippen LogP contribution in [0, 0.1) is 18.1 Å². The van der Waals surface area contributed by atoms with Gasteiger partial charge < -0.3 is 14.4 Å². The predicted octanol–water partition coefficient (Wildman–Crippen LogP) is 10.9. The molecule has 0 aliphatic heterocycles. The standard InChI is InChI=1S/C23H20NO.C19H16N.Ir/c1-2-6-16(5-1)13-17-11-12-24-21(14-17)18-9-10-23-20(15-18)19-7-3-4-8-22(19)25-23;1-15(16-7-3-2-4-8-16)17-10-12-18(13-11-17)19-9-5-6-14-20-19;/h3-4,7-8,10-12,14-16H,1-2,5-6,13H2;2-12,14-15H,1H3;/q2*-1;. The van der Waals surface area contributed by atoms with E-state index in [1.807, 2.05) is 60.9 Å². The van der Waals surface area contributed by atoms with Crippen molar-refractivity contribution in [1.29, 1.82) is 0 Å². The van der Waals surface area contributed by atoms with Gasteiger partial charge in [-0.05, 0) is 53.4 Å². The fraction of sp³-hybridized carbons (Fsp3) is 0.190. The Morgan fingerprint density at radius 2 is 1.43 bits per heavy atom. The molecule has 0 saturated heterocycles. The van der Waals surface area contributed by atoms with Crippen molar-refractivity contribution in [3.05, 3.63) is 156 Å². The average molecular weight is 777 g/mol. The quantitative estimate of drug-likeness (QED) is 0.158. The third-order valence-corrected chi connectivity index (χ3v) is 8.99. The van der Waals surface area contributed by atoms with Gasteiger partial charge in [-0.1, -0.05) is 110 Å². The minimum Gasteiger partial charge on any atom is -0.500 e. The zero-order valence-electron chi connectivity index (χ0n) is 26.0. The molecule has 1 aliphatic rings. The first-order chi connectivity index (χ1) is 22.2. The van der Waals surface area contributed by atoms with E-state index in [2.05, 4.69) is 95.8 Å². The molecule has 7 aromatic rings. The van der Waals surface area contributed by atoms with E-state index in [1.165, 1.54) is 48.8 Å². The Bertz CT molecular complexity index is 2000. The minimum atomic E-state index is 0. The molecule has 4 aromatic carbocycles. The molecule has 1 aliphatic carbocycles. The van der Waals surface area contributed by atoms with E-state index < -0.39 is 0 Å². The fourth-order valence-electron chi connectivity index (χ4n) is 6.44. The number of furan rings is 1. The maximum Gasteiger partial charge on any atom is 0.120 e. The number of benzene rings is 4. The van der Waals surface area contributed by atoms with Crippen molar-refractivity contribution in [2.75, 3.05) is 0 Å². The number of fused-ring (bicyclic) bond motifs is 3. The monoisotopic (exact) mass is 777 g/mol. The van der Waals surface area contributed by atoms with E-state index >= 15 is 0 Å². The number of para-hydroxylation sites is 1. The van der Waals surface area contributed by atoms with Crippen LogP contribution >= 0.6 is 0 Å². The van der Waals surface area contributed by atoms with Crippen molar-refractivity contribution in [3.8, 4) is 22.5 Å². The number of rotatable bonds is 6. The van der Waals surface area contributed by atoms with Gasteiger partial charge in [0.2, 0.25) is 0 Å². The van der Waals surface area contributed by atoms with Gasteiger partial charge in [-0.2, -0.15) is 0 Å². The molecular weight excluding hydrogens is 741 g/mol. The van der Waals surface area contributed by atoms with Gasteiger partial charge in [0, 0.05) is 37.9 Å². The first-order valence-corrected chi connectivity index (χ1v) is 16.0. The first-order valence-electron chi connectivity index (χ1n) is 16.0. The molecule has 0 spiro atoms. The molecule has 4 heteroatoms. The van der Waals surface area contributed by atoms with Crippen LogP contribution in [0.15, 0.2) is 132 Å². The topological polar surface area (TPSA) is 38.9 Å². The van der Waals surface area contributed by atoms with Crippen LogP contribution in [0.25, 0.3) is 44.5 Å². The summed E-state index contributed by atoms with van der Waals surface area (Å²) in [5, 5.41) is 2.28. The van der Waals surface area contributed by atoms with Gasteiger partial charge in [0.15, 0.2) is 0 Å². The summed E-state index contributed by atoms with van der Waals surface area (Å²) >= 11 is 0. The van der Waals surface area contributed by atoms with Crippen LogP contribution in [0.5, 0.6) is 0 Å². The summed E-state index contributed by atoms with van der Waals surface area (Å²) in [6.07, 6.45) is 10.4. The van der Waals surface area contributed by atoms with Crippen LogP contribution in [0.1, 0.15) is 55.2 Å². The predicted molar refractivity (Wildman–Crippen MR) is 184 cm³/mol. The van der Waals surface area contributed by atoms with Crippen LogP contribution in [0.4, 0.5) is 0 Å². The molecule has 1 atom stereocenters. The summed E-state index contributed by atoms with van der Waals surface area (Å²) in [6.45, 7) is 2.22. The SMILES string of the molecule is CC(c1c[c-]c(-c2ccccn2)cc1)c1ccccc1.[Ir].[c-]1cc2oc3ccccc3c2cc1-c1cc(CC2CCCC2)ccn1. The van der Waals surface area contributed by atoms with E-state index in [4.69, 9.17) is 4.42 Å². The summed E-state index contributed by atoms with van der Waals surface area (Å²) < 4.78 is 5.90. The van der Waals surface area contributed by atoms with Gasteiger partial charge in [0.25, 0.3) is 0 Å². The molecule has 231 valence electrons. The second-order valence-corrected chi connectivity index (χ2v) is 12.0. The number of hydrogen-bond donors (Lipinski definition) is 0. The second kappa shape index (κ2) is 14.8. The molecule has 0 bridgehead atoms. The largest absolute Gasteiger partial charge is 0.500 e. The van der Waals surface area contributed by atoms with E-state index in [0.29, 0.717) is 5.92 Å². The fourth-order valence-corrected chi connectivity index (χ4v) is 6.44. The van der Waals surface area contributed by atoms with E-state index in [1.54, 1.807) is 0 Å². The van der Waals surface area contributed by atoms with Crippen molar-refractivity contribution >= 4 is 21.9 Å². The molecule has 0 amide bonds. The third-order valence-electron chi connectivity index (χ3n) is 8.99. The second-order valence-electron chi connectivity index (χ2n) is 12.0. The molecule has 1 radical (unpaired) electrons. The Kier molecular flexibility index (Phi) is 10.2. The Morgan fingerprint density at radius 3 is 2.22 bits per heavy atom. The Morgan fingerprint density at radius 1 is 0.674 bits per heavy atom. The normalized spacial score (nSPS) is 13.6. The van der Waals surface area contributed by atoms with Crippen LogP contribution in [-0.2, 0) is 26.5 Å². The maximum atomic E-state index is 5.90. The molecule has 1 unspecified atom stereocenters. The van der Waals surface area contributed by atoms with Crippen molar-refractivity contribution in [1.82, 2.24) is 9.97 Å². The van der Waals surface area contributed by atoms with Gasteiger partial charge in [-0.25, -0.2) is 0 Å². The smallest absolute Gasteiger partial charge is 0.120 e. The van der Waals surface area contributed by atoms with Crippen LogP contribution in [0.3, 0.4) is 0 Å². The summed E-state index contributed by atoms with van der Waals surface area (Å²) in [7, 11) is 0. The van der Waals surface area contributed by atoms with E-state index in [-0.39, 0.29) is 20.1 Å². The van der Waals surface area contributed by atoms with Crippen molar-refractivity contribution in [3.63, 3.8) is 0 Å². The first kappa shape index (κ1) is 31.6. The molecule has 3 nitrogen and oxygen atoms in total. The Balaban J connectivity index is 0.000000162. The van der Waals surface area contributed by atoms with Crippen molar-refractivity contribution in [2.24, 2.45) is 5.92 Å². The molecule has 46 heavy (non-hydrogen) atoms. The van der Waals surface area contributed by atoms with E-state index in [9.17, 15) is 0 Å². The molecule has 0 N–H and O–H groups in total. The molecule has 3 aromatic heterocycles. The summed E-state index contributed by atoms with van der Waals surface area (Å²) in [6, 6.07) is 46.2. The Labute approximate surface area is 285 Å². The summed E-state index contributed by atoms with van der Waals surface area (Å²) in [5.74, 6) is 1.23. The number of hydrogen-bond acceptors (Lipinski definition) is 3. The van der Waals surface area contributed by atoms with Gasteiger partial charge in [0.1, 0.15) is 5.58 Å². The van der Waals surface area contributed by atoms with Gasteiger partial charge >= 0.3 is 0 Å². The molecular formula is C42H36IrN2O-2. The molecule has 1 fully saturated rings. The zero-order chi connectivity index (χ0) is 30.4. The average Bonchev–Trinajstić information content (AvgIpc) is 3.77. The Hall–Kier alpha value is -4.37. The number of nitrogens with zero attached hydrogens (tertiary/aromatic N) is 2. The van der Waals surface area contributed by atoms with Crippen LogP contribution in [0.2, 0.25) is 0 Å². The van der Waals surface area contributed by atoms with Gasteiger partial charge in [-0.15, -0.1) is 59.2 Å². The van der Waals surface area contributed by atoms with Crippen LogP contribution < -0.4 is 0 Å². The molecule has 3 heterocycles. The molecule has 1 saturated carbocycles. The number of aromatic nitrogens is 2. The zero-order valence-corrected chi connectivity index (χ0v) is 28.3. The van der Waals surface area contributed by atoms with Crippen molar-refractivity contribution < 1.29 is 24.5 Å². The third kappa shape index (κ3) is 7.20. The van der Waals surface area contributed by atoms with Gasteiger partial charge in [0.05, 0.1) is 5.58 Å². The number of pyridine rings is 2. The van der Waals surface area contributed by atoms with Crippen LogP contribution in [-0.4, -0.2) is 9.97 Å². The van der Waals surface area contributed by atoms with Crippen molar-refractivity contribution in [2.45, 2.75) is 44.9 Å².